The number of rotatable bonds is 3. The lowest BCUT2D eigenvalue weighted by Gasteiger charge is -2.59. The van der Waals surface area contributed by atoms with E-state index < -0.39 is 0 Å². The van der Waals surface area contributed by atoms with Gasteiger partial charge in [-0.15, -0.1) is 0 Å². The van der Waals surface area contributed by atoms with Gasteiger partial charge in [-0.05, 0) is 74.4 Å². The predicted molar refractivity (Wildman–Crippen MR) is 90.6 cm³/mol. The van der Waals surface area contributed by atoms with Crippen LogP contribution in [0.3, 0.4) is 0 Å². The first kappa shape index (κ1) is 14.6. The van der Waals surface area contributed by atoms with Crippen LogP contribution in [0, 0.1) is 5.92 Å². The summed E-state index contributed by atoms with van der Waals surface area (Å²) in [4.78, 5) is 2.81. The van der Waals surface area contributed by atoms with E-state index in [4.69, 9.17) is 4.74 Å². The van der Waals surface area contributed by atoms with E-state index >= 15 is 0 Å². The van der Waals surface area contributed by atoms with Crippen molar-refractivity contribution in [3.8, 4) is 5.75 Å². The van der Waals surface area contributed by atoms with Gasteiger partial charge in [0.05, 0.1) is 7.11 Å². The van der Waals surface area contributed by atoms with Crippen molar-refractivity contribution in [1.29, 1.82) is 0 Å². The van der Waals surface area contributed by atoms with Gasteiger partial charge in [0.2, 0.25) is 0 Å². The predicted octanol–water partition coefficient (Wildman–Crippen LogP) is 4.16. The van der Waals surface area contributed by atoms with Crippen molar-refractivity contribution >= 4 is 0 Å². The summed E-state index contributed by atoms with van der Waals surface area (Å²) in [5.41, 5.74) is 3.70. The second-order valence-electron chi connectivity index (χ2n) is 7.59. The number of nitrogens with zero attached hydrogens (tertiary/aromatic N) is 1. The molecule has 1 saturated heterocycles. The third kappa shape index (κ3) is 2.03. The molecule has 0 aromatic heterocycles. The zero-order chi connectivity index (χ0) is 15.2. The summed E-state index contributed by atoms with van der Waals surface area (Å²) in [6.07, 6.45) is 9.57. The normalized spacial score (nSPS) is 33.9. The first-order valence-corrected chi connectivity index (χ1v) is 9.20. The lowest BCUT2D eigenvalue weighted by Crippen LogP contribution is -2.60. The molecule has 3 aliphatic rings. The maximum Gasteiger partial charge on any atom is 0.119 e. The Bertz CT molecular complexity index is 555. The molecule has 4 rings (SSSR count). The molecule has 2 bridgehead atoms. The fraction of sp³-hybridized carbons (Fsp3) is 0.700. The van der Waals surface area contributed by atoms with Crippen molar-refractivity contribution in [3.05, 3.63) is 29.3 Å². The van der Waals surface area contributed by atoms with Crippen molar-refractivity contribution in [1.82, 2.24) is 4.90 Å². The molecule has 1 saturated carbocycles. The lowest BCUT2D eigenvalue weighted by molar-refractivity contribution is -0.0111. The molecule has 0 spiro atoms. The van der Waals surface area contributed by atoms with Gasteiger partial charge < -0.3 is 4.74 Å². The van der Waals surface area contributed by atoms with Crippen LogP contribution in [0.2, 0.25) is 0 Å². The van der Waals surface area contributed by atoms with Crippen molar-refractivity contribution in [2.24, 2.45) is 5.92 Å². The number of benzene rings is 1. The van der Waals surface area contributed by atoms with Crippen molar-refractivity contribution in [2.45, 2.75) is 63.3 Å². The number of hydrogen-bond donors (Lipinski definition) is 0. The Hall–Kier alpha value is -1.02. The summed E-state index contributed by atoms with van der Waals surface area (Å²) in [6, 6.07) is 7.68. The van der Waals surface area contributed by atoms with Crippen LogP contribution in [-0.2, 0) is 11.8 Å². The van der Waals surface area contributed by atoms with Gasteiger partial charge in [0.15, 0.2) is 0 Å². The van der Waals surface area contributed by atoms with Gasteiger partial charge in [0.25, 0.3) is 0 Å². The van der Waals surface area contributed by atoms with Crippen LogP contribution in [0.5, 0.6) is 5.75 Å². The quantitative estimate of drug-likeness (QED) is 0.831. The van der Waals surface area contributed by atoms with Crippen LogP contribution in [0.25, 0.3) is 0 Å². The highest BCUT2D eigenvalue weighted by molar-refractivity contribution is 5.45. The molecule has 1 aromatic rings. The molecule has 1 aliphatic heterocycles. The summed E-state index contributed by atoms with van der Waals surface area (Å²) in [5, 5.41) is 0. The molecule has 2 fully saturated rings. The molecule has 3 atom stereocenters. The minimum absolute atomic E-state index is 0.454. The Morgan fingerprint density at radius 1 is 1.27 bits per heavy atom. The second kappa shape index (κ2) is 5.56. The van der Waals surface area contributed by atoms with Gasteiger partial charge in [-0.3, -0.25) is 4.90 Å². The van der Waals surface area contributed by atoms with Crippen LogP contribution < -0.4 is 4.74 Å². The Morgan fingerprint density at radius 2 is 2.18 bits per heavy atom. The molecule has 120 valence electrons. The van der Waals surface area contributed by atoms with E-state index in [1.807, 2.05) is 0 Å². The Morgan fingerprint density at radius 3 is 3.00 bits per heavy atom. The van der Waals surface area contributed by atoms with E-state index in [1.54, 1.807) is 18.2 Å². The van der Waals surface area contributed by atoms with Gasteiger partial charge in [-0.1, -0.05) is 25.8 Å². The van der Waals surface area contributed by atoms with Crippen LogP contribution >= 0.6 is 0 Å². The van der Waals surface area contributed by atoms with Crippen molar-refractivity contribution in [3.63, 3.8) is 0 Å². The van der Waals surface area contributed by atoms with Crippen LogP contribution in [0.4, 0.5) is 0 Å². The van der Waals surface area contributed by atoms with E-state index in [9.17, 15) is 0 Å². The fourth-order valence-corrected chi connectivity index (χ4v) is 5.76. The Balaban J connectivity index is 1.80. The number of likely N-dealkylation sites (tertiary alicyclic amines) is 1. The third-order valence-corrected chi connectivity index (χ3v) is 6.67. The Kier molecular flexibility index (Phi) is 3.68. The topological polar surface area (TPSA) is 12.5 Å². The highest BCUT2D eigenvalue weighted by Gasteiger charge is 2.53. The summed E-state index contributed by atoms with van der Waals surface area (Å²) in [7, 11) is 1.80. The van der Waals surface area contributed by atoms with Crippen LogP contribution in [-0.4, -0.2) is 31.1 Å². The van der Waals surface area contributed by atoms with Crippen LogP contribution in [0.1, 0.15) is 56.6 Å². The van der Waals surface area contributed by atoms with E-state index in [0.717, 1.165) is 17.7 Å². The summed E-state index contributed by atoms with van der Waals surface area (Å²) in [5.74, 6) is 1.92. The minimum Gasteiger partial charge on any atom is -0.497 e. The molecule has 2 heteroatoms. The van der Waals surface area contributed by atoms with Crippen molar-refractivity contribution < 1.29 is 4.74 Å². The molecule has 22 heavy (non-hydrogen) atoms. The highest BCUT2D eigenvalue weighted by atomic mass is 16.5. The SMILES string of the molecule is CCCN1CC[C@]23CCCC[C@@H]2[C@H]1Cc1ccc(OC)cc13. The summed E-state index contributed by atoms with van der Waals surface area (Å²) < 4.78 is 5.54. The molecule has 2 aliphatic carbocycles. The zero-order valence-electron chi connectivity index (χ0n) is 14.1. The smallest absolute Gasteiger partial charge is 0.119 e. The van der Waals surface area contributed by atoms with E-state index in [0.29, 0.717) is 5.41 Å². The van der Waals surface area contributed by atoms with Gasteiger partial charge in [0.1, 0.15) is 5.75 Å². The largest absolute Gasteiger partial charge is 0.497 e. The van der Waals surface area contributed by atoms with E-state index in [1.165, 1.54) is 58.0 Å². The average molecular weight is 299 g/mol. The van der Waals surface area contributed by atoms with Gasteiger partial charge in [0, 0.05) is 11.5 Å². The number of fused-ring (bicyclic) bond motifs is 1. The molecule has 0 amide bonds. The Labute approximate surface area is 134 Å². The number of hydrogen-bond acceptors (Lipinski definition) is 2. The minimum atomic E-state index is 0.454. The summed E-state index contributed by atoms with van der Waals surface area (Å²) >= 11 is 0. The van der Waals surface area contributed by atoms with Gasteiger partial charge in [-0.2, -0.15) is 0 Å². The van der Waals surface area contributed by atoms with E-state index in [2.05, 4.69) is 30.0 Å². The maximum atomic E-state index is 5.54. The number of piperidine rings is 1. The molecule has 2 nitrogen and oxygen atoms in total. The standard InChI is InChI=1S/C20H29NO/c1-3-11-21-12-10-20-9-5-4-6-17(20)19(21)13-15-7-8-16(22-2)14-18(15)20/h7-8,14,17,19H,3-6,9-13H2,1-2H3/t17-,19-,20-/m1/s1. The highest BCUT2D eigenvalue weighted by Crippen LogP contribution is 2.56. The second-order valence-corrected chi connectivity index (χ2v) is 7.59. The maximum absolute atomic E-state index is 5.54. The molecular weight excluding hydrogens is 270 g/mol. The lowest BCUT2D eigenvalue weighted by atomic mass is 9.52. The molecule has 1 heterocycles. The van der Waals surface area contributed by atoms with Gasteiger partial charge in [-0.25, -0.2) is 0 Å². The summed E-state index contributed by atoms with van der Waals surface area (Å²) in [6.45, 7) is 4.90. The molecule has 0 N–H and O–H groups in total. The molecular formula is C20H29NO. The molecule has 1 aromatic carbocycles. The van der Waals surface area contributed by atoms with Crippen LogP contribution in [0.15, 0.2) is 18.2 Å². The zero-order valence-corrected chi connectivity index (χ0v) is 14.1. The third-order valence-electron chi connectivity index (χ3n) is 6.67. The average Bonchev–Trinajstić information content (AvgIpc) is 2.57. The first-order chi connectivity index (χ1) is 10.8. The van der Waals surface area contributed by atoms with E-state index in [-0.39, 0.29) is 0 Å². The molecule has 0 unspecified atom stereocenters. The molecule has 0 radical (unpaired) electrons. The first-order valence-electron chi connectivity index (χ1n) is 9.20. The van der Waals surface area contributed by atoms with Gasteiger partial charge >= 0.3 is 0 Å². The number of methoxy groups -OCH3 is 1. The van der Waals surface area contributed by atoms with Crippen molar-refractivity contribution in [2.75, 3.05) is 20.2 Å². The monoisotopic (exact) mass is 299 g/mol. The fourth-order valence-electron chi connectivity index (χ4n) is 5.76. The number of ether oxygens (including phenoxy) is 1.